The highest BCUT2D eigenvalue weighted by atomic mass is 16.5. The van der Waals surface area contributed by atoms with Crippen molar-refractivity contribution in [1.29, 1.82) is 0 Å². The van der Waals surface area contributed by atoms with Crippen LogP contribution < -0.4 is 4.90 Å². The lowest BCUT2D eigenvalue weighted by Crippen LogP contribution is -2.37. The van der Waals surface area contributed by atoms with Gasteiger partial charge in [0.05, 0.1) is 6.26 Å². The van der Waals surface area contributed by atoms with Crippen LogP contribution in [-0.4, -0.2) is 48.7 Å². The third-order valence-corrected chi connectivity index (χ3v) is 4.05. The van der Waals surface area contributed by atoms with Crippen molar-refractivity contribution in [3.8, 4) is 0 Å². The average molecular weight is 273 g/mol. The zero-order valence-corrected chi connectivity index (χ0v) is 11.9. The van der Waals surface area contributed by atoms with Crippen molar-refractivity contribution >= 4 is 5.82 Å². The molecule has 0 unspecified atom stereocenters. The Kier molecular flexibility index (Phi) is 4.53. The zero-order chi connectivity index (χ0) is 13.6. The number of rotatable bonds is 3. The van der Waals surface area contributed by atoms with Crippen molar-refractivity contribution in [2.45, 2.75) is 25.4 Å². The molecule has 1 fully saturated rings. The summed E-state index contributed by atoms with van der Waals surface area (Å²) in [4.78, 5) is 9.38. The first-order chi connectivity index (χ1) is 9.92. The summed E-state index contributed by atoms with van der Waals surface area (Å²) in [7, 11) is 0. The van der Waals surface area contributed by atoms with E-state index in [0.717, 1.165) is 51.4 Å². The molecule has 0 radical (unpaired) electrons. The molecule has 0 bridgehead atoms. The molecule has 2 aliphatic rings. The summed E-state index contributed by atoms with van der Waals surface area (Å²) in [6, 6.07) is 6.14. The number of anilines is 1. The van der Waals surface area contributed by atoms with Crippen molar-refractivity contribution in [3.05, 3.63) is 36.7 Å². The summed E-state index contributed by atoms with van der Waals surface area (Å²) in [5.41, 5.74) is 0. The van der Waals surface area contributed by atoms with Gasteiger partial charge >= 0.3 is 0 Å². The van der Waals surface area contributed by atoms with Crippen LogP contribution >= 0.6 is 0 Å². The first kappa shape index (κ1) is 13.4. The largest absolute Gasteiger partial charge is 0.497 e. The molecule has 1 saturated heterocycles. The normalized spacial score (nSPS) is 24.2. The first-order valence-corrected chi connectivity index (χ1v) is 7.60. The maximum absolute atomic E-state index is 5.68. The van der Waals surface area contributed by atoms with Crippen LogP contribution in [0.2, 0.25) is 0 Å². The maximum Gasteiger partial charge on any atom is 0.128 e. The predicted octanol–water partition coefficient (Wildman–Crippen LogP) is 2.29. The molecule has 0 aliphatic carbocycles. The molecule has 20 heavy (non-hydrogen) atoms. The van der Waals surface area contributed by atoms with Gasteiger partial charge in [-0.15, -0.1) is 0 Å². The molecule has 0 amide bonds. The number of allylic oxidation sites excluding steroid dienone is 1. The van der Waals surface area contributed by atoms with E-state index in [1.165, 1.54) is 6.42 Å². The van der Waals surface area contributed by atoms with Crippen molar-refractivity contribution < 1.29 is 4.74 Å². The second-order valence-corrected chi connectivity index (χ2v) is 5.54. The van der Waals surface area contributed by atoms with Gasteiger partial charge in [-0.3, -0.25) is 4.90 Å². The van der Waals surface area contributed by atoms with Crippen molar-refractivity contribution in [1.82, 2.24) is 9.88 Å². The number of hydrogen-bond donors (Lipinski definition) is 0. The average Bonchev–Trinajstić information content (AvgIpc) is 2.75. The molecule has 1 aromatic heterocycles. The van der Waals surface area contributed by atoms with Crippen LogP contribution in [0.1, 0.15) is 19.3 Å². The SMILES string of the molecule is C1=CO[C@H](CN2CCCN(c3ccccn3)CC2)CC1. The van der Waals surface area contributed by atoms with E-state index in [-0.39, 0.29) is 0 Å². The molecule has 1 aromatic rings. The first-order valence-electron chi connectivity index (χ1n) is 7.60. The quantitative estimate of drug-likeness (QED) is 0.845. The molecular weight excluding hydrogens is 250 g/mol. The summed E-state index contributed by atoms with van der Waals surface area (Å²) in [6.07, 6.45) is 9.73. The molecule has 0 spiro atoms. The summed E-state index contributed by atoms with van der Waals surface area (Å²) in [5.74, 6) is 1.10. The van der Waals surface area contributed by atoms with Crippen LogP contribution in [0.25, 0.3) is 0 Å². The number of pyridine rings is 1. The molecule has 1 atom stereocenters. The van der Waals surface area contributed by atoms with E-state index >= 15 is 0 Å². The fourth-order valence-corrected chi connectivity index (χ4v) is 2.93. The Morgan fingerprint density at radius 2 is 2.20 bits per heavy atom. The fourth-order valence-electron chi connectivity index (χ4n) is 2.93. The Labute approximate surface area is 121 Å². The van der Waals surface area contributed by atoms with Crippen molar-refractivity contribution in [2.75, 3.05) is 37.6 Å². The van der Waals surface area contributed by atoms with Gasteiger partial charge in [0, 0.05) is 38.9 Å². The number of nitrogens with zero attached hydrogens (tertiary/aromatic N) is 3. The van der Waals surface area contributed by atoms with Gasteiger partial charge in [0.15, 0.2) is 0 Å². The second kappa shape index (κ2) is 6.75. The number of aromatic nitrogens is 1. The molecule has 0 aromatic carbocycles. The second-order valence-electron chi connectivity index (χ2n) is 5.54. The fraction of sp³-hybridized carbons (Fsp3) is 0.562. The van der Waals surface area contributed by atoms with E-state index in [2.05, 4.69) is 33.0 Å². The van der Waals surface area contributed by atoms with Crippen molar-refractivity contribution in [2.24, 2.45) is 0 Å². The van der Waals surface area contributed by atoms with Crippen LogP contribution in [0, 0.1) is 0 Å². The molecule has 0 saturated carbocycles. The van der Waals surface area contributed by atoms with Crippen molar-refractivity contribution in [3.63, 3.8) is 0 Å². The lowest BCUT2D eigenvalue weighted by molar-refractivity contribution is 0.0815. The monoisotopic (exact) mass is 273 g/mol. The van der Waals surface area contributed by atoms with E-state index < -0.39 is 0 Å². The van der Waals surface area contributed by atoms with Gasteiger partial charge in [-0.2, -0.15) is 0 Å². The van der Waals surface area contributed by atoms with Gasteiger partial charge < -0.3 is 9.64 Å². The zero-order valence-electron chi connectivity index (χ0n) is 11.9. The highest BCUT2D eigenvalue weighted by Gasteiger charge is 2.20. The highest BCUT2D eigenvalue weighted by Crippen LogP contribution is 2.15. The third kappa shape index (κ3) is 3.51. The molecule has 3 rings (SSSR count). The van der Waals surface area contributed by atoms with Crippen LogP contribution in [0.5, 0.6) is 0 Å². The minimum absolute atomic E-state index is 0.376. The molecule has 4 heteroatoms. The topological polar surface area (TPSA) is 28.6 Å². The Balaban J connectivity index is 1.53. The summed E-state index contributed by atoms with van der Waals surface area (Å²) < 4.78 is 5.68. The Morgan fingerprint density at radius 1 is 1.20 bits per heavy atom. The molecular formula is C16H23N3O. The van der Waals surface area contributed by atoms with Gasteiger partial charge in [0.25, 0.3) is 0 Å². The third-order valence-electron chi connectivity index (χ3n) is 4.05. The van der Waals surface area contributed by atoms with Gasteiger partial charge in [0.2, 0.25) is 0 Å². The Morgan fingerprint density at radius 3 is 3.00 bits per heavy atom. The highest BCUT2D eigenvalue weighted by molar-refractivity contribution is 5.37. The van der Waals surface area contributed by atoms with Crippen LogP contribution in [0.3, 0.4) is 0 Å². The number of ether oxygens (including phenoxy) is 1. The van der Waals surface area contributed by atoms with Crippen LogP contribution in [0.15, 0.2) is 36.7 Å². The molecule has 2 aliphatic heterocycles. The summed E-state index contributed by atoms with van der Waals surface area (Å²) in [5, 5.41) is 0. The number of hydrogen-bond acceptors (Lipinski definition) is 4. The van der Waals surface area contributed by atoms with E-state index in [9.17, 15) is 0 Å². The van der Waals surface area contributed by atoms with Gasteiger partial charge in [-0.1, -0.05) is 6.07 Å². The maximum atomic E-state index is 5.68. The molecule has 0 N–H and O–H groups in total. The van der Waals surface area contributed by atoms with E-state index in [1.807, 2.05) is 18.5 Å². The molecule has 108 valence electrons. The minimum atomic E-state index is 0.376. The van der Waals surface area contributed by atoms with Gasteiger partial charge in [-0.25, -0.2) is 4.98 Å². The Bertz CT molecular complexity index is 435. The summed E-state index contributed by atoms with van der Waals surface area (Å²) in [6.45, 7) is 5.46. The molecule has 3 heterocycles. The lowest BCUT2D eigenvalue weighted by atomic mass is 10.1. The van der Waals surface area contributed by atoms with E-state index in [1.54, 1.807) is 0 Å². The van der Waals surface area contributed by atoms with Crippen LogP contribution in [0.4, 0.5) is 5.82 Å². The van der Waals surface area contributed by atoms with Gasteiger partial charge in [-0.05, 0) is 37.5 Å². The predicted molar refractivity (Wildman–Crippen MR) is 80.8 cm³/mol. The summed E-state index contributed by atoms with van der Waals surface area (Å²) >= 11 is 0. The molecule has 4 nitrogen and oxygen atoms in total. The Hall–Kier alpha value is -1.55. The lowest BCUT2D eigenvalue weighted by Gasteiger charge is -2.27. The smallest absolute Gasteiger partial charge is 0.128 e. The minimum Gasteiger partial charge on any atom is -0.497 e. The van der Waals surface area contributed by atoms with Crippen LogP contribution in [-0.2, 0) is 4.74 Å². The van der Waals surface area contributed by atoms with E-state index in [0.29, 0.717) is 6.10 Å². The standard InChI is InChI=1S/C16H23N3O/c1-3-8-17-16(7-1)19-10-5-9-18(11-12-19)14-15-6-2-4-13-20-15/h1,3-4,7-8,13,15H,2,5-6,9-12,14H2/t15-/m0/s1. The van der Waals surface area contributed by atoms with Gasteiger partial charge in [0.1, 0.15) is 11.9 Å². The van der Waals surface area contributed by atoms with E-state index in [4.69, 9.17) is 4.74 Å².